The number of nitrogens with one attached hydrogen (secondary N) is 1. The first-order chi connectivity index (χ1) is 15.7. The molecular formula is C27H40FN3O. The zero-order valence-corrected chi connectivity index (χ0v) is 20.1. The Bertz CT molecular complexity index is 797. The second kappa shape index (κ2) is 12.8. The summed E-state index contributed by atoms with van der Waals surface area (Å²) in [5.74, 6) is 0.497. The molecule has 5 heteroatoms. The van der Waals surface area contributed by atoms with E-state index < -0.39 is 0 Å². The number of anilines is 2. The van der Waals surface area contributed by atoms with Crippen molar-refractivity contribution in [1.82, 2.24) is 4.90 Å². The van der Waals surface area contributed by atoms with Crippen LogP contribution in [0, 0.1) is 11.7 Å². The van der Waals surface area contributed by atoms with E-state index in [-0.39, 0.29) is 5.82 Å². The van der Waals surface area contributed by atoms with E-state index in [0.717, 1.165) is 51.4 Å². The van der Waals surface area contributed by atoms with Crippen molar-refractivity contribution in [1.29, 1.82) is 0 Å². The Hall–Kier alpha value is -2.11. The zero-order valence-electron chi connectivity index (χ0n) is 20.1. The van der Waals surface area contributed by atoms with Gasteiger partial charge in [0.2, 0.25) is 0 Å². The monoisotopic (exact) mass is 441 g/mol. The number of piperidine rings is 1. The average molecular weight is 442 g/mol. The lowest BCUT2D eigenvalue weighted by atomic mass is 9.96. The number of aryl methyl sites for hydroxylation is 1. The van der Waals surface area contributed by atoms with Gasteiger partial charge in [0, 0.05) is 31.9 Å². The van der Waals surface area contributed by atoms with Crippen molar-refractivity contribution in [2.45, 2.75) is 46.6 Å². The SMILES string of the molecule is CC.CCc1ccc(CN2CCC(CNc3ccc(N4CCOCC4)c(F)c3)CC2)cc1. The van der Waals surface area contributed by atoms with Crippen molar-refractivity contribution >= 4 is 11.4 Å². The lowest BCUT2D eigenvalue weighted by Crippen LogP contribution is -2.36. The molecule has 2 aliphatic rings. The summed E-state index contributed by atoms with van der Waals surface area (Å²) in [5, 5.41) is 3.46. The first-order valence-corrected chi connectivity index (χ1v) is 12.4. The molecule has 176 valence electrons. The molecule has 2 aromatic rings. The standard InChI is InChI=1S/C25H34FN3O.C2H6/c1-2-20-3-5-22(6-4-20)19-28-11-9-21(10-12-28)18-27-23-7-8-25(24(26)17-23)29-13-15-30-16-14-29;1-2/h3-8,17,21,27H,2,9-16,18-19H2,1H3;1-2H3. The Morgan fingerprint density at radius 2 is 1.59 bits per heavy atom. The maximum absolute atomic E-state index is 14.6. The summed E-state index contributed by atoms with van der Waals surface area (Å²) < 4.78 is 19.9. The van der Waals surface area contributed by atoms with Gasteiger partial charge in [-0.05, 0) is 67.6 Å². The van der Waals surface area contributed by atoms with Crippen LogP contribution in [-0.4, -0.2) is 50.8 Å². The van der Waals surface area contributed by atoms with Crippen molar-refractivity contribution < 1.29 is 9.13 Å². The van der Waals surface area contributed by atoms with Gasteiger partial charge in [0.05, 0.1) is 18.9 Å². The van der Waals surface area contributed by atoms with Crippen LogP contribution in [0.4, 0.5) is 15.8 Å². The fraction of sp³-hybridized carbons (Fsp3) is 0.556. The highest BCUT2D eigenvalue weighted by molar-refractivity contribution is 5.56. The molecule has 0 aliphatic carbocycles. The van der Waals surface area contributed by atoms with Gasteiger partial charge in [-0.15, -0.1) is 0 Å². The largest absolute Gasteiger partial charge is 0.385 e. The minimum atomic E-state index is -0.147. The van der Waals surface area contributed by atoms with Crippen LogP contribution >= 0.6 is 0 Å². The summed E-state index contributed by atoms with van der Waals surface area (Å²) in [7, 11) is 0. The number of hydrogen-bond donors (Lipinski definition) is 1. The Labute approximate surface area is 193 Å². The second-order valence-electron chi connectivity index (χ2n) is 8.54. The Balaban J connectivity index is 0.00000141. The normalized spacial score (nSPS) is 17.6. The van der Waals surface area contributed by atoms with Crippen LogP contribution in [0.25, 0.3) is 0 Å². The summed E-state index contributed by atoms with van der Waals surface area (Å²) in [6.45, 7) is 13.3. The first kappa shape index (κ1) is 24.5. The number of benzene rings is 2. The third-order valence-electron chi connectivity index (χ3n) is 6.44. The lowest BCUT2D eigenvalue weighted by molar-refractivity contribution is 0.122. The van der Waals surface area contributed by atoms with Crippen molar-refractivity contribution in [3.05, 3.63) is 59.4 Å². The van der Waals surface area contributed by atoms with Crippen LogP contribution in [0.1, 0.15) is 44.7 Å². The lowest BCUT2D eigenvalue weighted by Gasteiger charge is -2.32. The molecule has 2 fully saturated rings. The molecule has 2 heterocycles. The molecule has 4 rings (SSSR count). The van der Waals surface area contributed by atoms with Crippen LogP contribution < -0.4 is 10.2 Å². The third kappa shape index (κ3) is 6.94. The molecule has 2 aliphatic heterocycles. The quantitative estimate of drug-likeness (QED) is 0.607. The molecule has 2 aromatic carbocycles. The van der Waals surface area contributed by atoms with Gasteiger partial charge in [-0.2, -0.15) is 0 Å². The smallest absolute Gasteiger partial charge is 0.148 e. The molecule has 0 saturated carbocycles. The molecule has 0 unspecified atom stereocenters. The summed E-state index contributed by atoms with van der Waals surface area (Å²) in [6, 6.07) is 14.6. The van der Waals surface area contributed by atoms with Crippen LogP contribution in [0.3, 0.4) is 0 Å². The molecule has 0 amide bonds. The number of hydrogen-bond acceptors (Lipinski definition) is 4. The maximum atomic E-state index is 14.6. The summed E-state index contributed by atoms with van der Waals surface area (Å²) in [6.07, 6.45) is 3.47. The molecule has 0 aromatic heterocycles. The number of halogens is 1. The molecular weight excluding hydrogens is 401 g/mol. The van der Waals surface area contributed by atoms with Crippen molar-refractivity contribution in [2.24, 2.45) is 5.92 Å². The van der Waals surface area contributed by atoms with Crippen molar-refractivity contribution in [3.63, 3.8) is 0 Å². The van der Waals surface area contributed by atoms with Gasteiger partial charge in [0.25, 0.3) is 0 Å². The van der Waals surface area contributed by atoms with Gasteiger partial charge < -0.3 is 15.0 Å². The van der Waals surface area contributed by atoms with Crippen molar-refractivity contribution in [2.75, 3.05) is 56.2 Å². The fourth-order valence-electron chi connectivity index (χ4n) is 4.43. The number of ether oxygens (including phenoxy) is 1. The van der Waals surface area contributed by atoms with Crippen LogP contribution in [0.15, 0.2) is 42.5 Å². The summed E-state index contributed by atoms with van der Waals surface area (Å²) >= 11 is 0. The highest BCUT2D eigenvalue weighted by Crippen LogP contribution is 2.25. The number of rotatable bonds is 7. The minimum absolute atomic E-state index is 0.147. The Morgan fingerprint density at radius 1 is 0.938 bits per heavy atom. The van der Waals surface area contributed by atoms with Crippen LogP contribution in [-0.2, 0) is 17.7 Å². The van der Waals surface area contributed by atoms with E-state index in [1.807, 2.05) is 26.0 Å². The maximum Gasteiger partial charge on any atom is 0.148 e. The molecule has 4 nitrogen and oxygen atoms in total. The topological polar surface area (TPSA) is 27.7 Å². The first-order valence-electron chi connectivity index (χ1n) is 12.4. The molecule has 0 spiro atoms. The predicted molar refractivity (Wildman–Crippen MR) is 133 cm³/mol. The van der Waals surface area contributed by atoms with Gasteiger partial charge in [-0.1, -0.05) is 45.0 Å². The summed E-state index contributed by atoms with van der Waals surface area (Å²) in [5.41, 5.74) is 4.37. The second-order valence-corrected chi connectivity index (χ2v) is 8.54. The van der Waals surface area contributed by atoms with Crippen LogP contribution in [0.2, 0.25) is 0 Å². The van der Waals surface area contributed by atoms with E-state index in [2.05, 4.69) is 46.3 Å². The minimum Gasteiger partial charge on any atom is -0.385 e. The molecule has 2 saturated heterocycles. The van der Waals surface area contributed by atoms with E-state index in [0.29, 0.717) is 24.8 Å². The fourth-order valence-corrected chi connectivity index (χ4v) is 4.43. The van der Waals surface area contributed by atoms with E-state index in [4.69, 9.17) is 4.74 Å². The molecule has 1 N–H and O–H groups in total. The van der Waals surface area contributed by atoms with Gasteiger partial charge in [-0.3, -0.25) is 4.90 Å². The Morgan fingerprint density at radius 3 is 2.22 bits per heavy atom. The molecule has 0 radical (unpaired) electrons. The zero-order chi connectivity index (χ0) is 22.8. The van der Waals surface area contributed by atoms with Gasteiger partial charge >= 0.3 is 0 Å². The molecule has 0 bridgehead atoms. The number of morpholine rings is 1. The van der Waals surface area contributed by atoms with Gasteiger partial charge in [0.15, 0.2) is 0 Å². The molecule has 0 atom stereocenters. The number of nitrogens with zero attached hydrogens (tertiary/aromatic N) is 2. The average Bonchev–Trinajstić information content (AvgIpc) is 2.86. The highest BCUT2D eigenvalue weighted by atomic mass is 19.1. The van der Waals surface area contributed by atoms with Gasteiger partial charge in [-0.25, -0.2) is 4.39 Å². The van der Waals surface area contributed by atoms with E-state index >= 15 is 0 Å². The predicted octanol–water partition coefficient (Wildman–Crippen LogP) is 5.58. The van der Waals surface area contributed by atoms with E-state index in [1.165, 1.54) is 24.0 Å². The van der Waals surface area contributed by atoms with Crippen molar-refractivity contribution in [3.8, 4) is 0 Å². The molecule has 32 heavy (non-hydrogen) atoms. The van der Waals surface area contributed by atoms with E-state index in [9.17, 15) is 4.39 Å². The van der Waals surface area contributed by atoms with E-state index in [1.54, 1.807) is 6.07 Å². The van der Waals surface area contributed by atoms with Crippen LogP contribution in [0.5, 0.6) is 0 Å². The third-order valence-corrected chi connectivity index (χ3v) is 6.44. The number of likely N-dealkylation sites (tertiary alicyclic amines) is 1. The summed E-state index contributed by atoms with van der Waals surface area (Å²) in [4.78, 5) is 4.61. The Kier molecular flexibility index (Phi) is 9.82. The van der Waals surface area contributed by atoms with Gasteiger partial charge in [0.1, 0.15) is 5.82 Å². The highest BCUT2D eigenvalue weighted by Gasteiger charge is 2.20.